The maximum absolute atomic E-state index is 13.0. The lowest BCUT2D eigenvalue weighted by Gasteiger charge is -2.32. The molecule has 3 aromatic carbocycles. The lowest BCUT2D eigenvalue weighted by atomic mass is 10.1. The number of amides is 1. The number of rotatable bonds is 8. The van der Waals surface area contributed by atoms with Crippen molar-refractivity contribution in [1.82, 2.24) is 9.62 Å². The number of nitriles is 1. The van der Waals surface area contributed by atoms with Crippen LogP contribution in [0.5, 0.6) is 0 Å². The maximum atomic E-state index is 13.0. The van der Waals surface area contributed by atoms with Crippen LogP contribution in [-0.2, 0) is 21.4 Å². The van der Waals surface area contributed by atoms with Gasteiger partial charge in [0.1, 0.15) is 0 Å². The van der Waals surface area contributed by atoms with Gasteiger partial charge in [-0.05, 0) is 66.4 Å². The van der Waals surface area contributed by atoms with E-state index in [-0.39, 0.29) is 16.8 Å². The number of benzene rings is 3. The molecule has 0 aromatic heterocycles. The minimum atomic E-state index is -3.66. The van der Waals surface area contributed by atoms with E-state index in [1.807, 2.05) is 18.2 Å². The van der Waals surface area contributed by atoms with E-state index in [0.29, 0.717) is 11.3 Å². The van der Waals surface area contributed by atoms with Gasteiger partial charge in [-0.3, -0.25) is 9.69 Å². The predicted molar refractivity (Wildman–Crippen MR) is 145 cm³/mol. The first-order chi connectivity index (χ1) is 17.8. The van der Waals surface area contributed by atoms with Crippen LogP contribution in [0.2, 0.25) is 0 Å². The van der Waals surface area contributed by atoms with Crippen molar-refractivity contribution in [1.29, 1.82) is 5.26 Å². The monoisotopic (exact) mass is 514 g/mol. The Kier molecular flexibility index (Phi) is 8.51. The Balaban J connectivity index is 1.31. The Morgan fingerprint density at radius 3 is 2.30 bits per heavy atom. The Morgan fingerprint density at radius 1 is 1.03 bits per heavy atom. The van der Waals surface area contributed by atoms with Crippen LogP contribution in [0.3, 0.4) is 0 Å². The average molecular weight is 515 g/mol. The van der Waals surface area contributed by atoms with Crippen molar-refractivity contribution in [2.75, 3.05) is 25.0 Å². The molecule has 1 N–H and O–H groups in total. The highest BCUT2D eigenvalue weighted by molar-refractivity contribution is 7.89. The van der Waals surface area contributed by atoms with Crippen molar-refractivity contribution in [2.24, 2.45) is 0 Å². The molecule has 0 aliphatic carbocycles. The average Bonchev–Trinajstić information content (AvgIpc) is 2.93. The topological polar surface area (TPSA) is 93.5 Å². The van der Waals surface area contributed by atoms with Gasteiger partial charge in [-0.15, -0.1) is 0 Å². The third kappa shape index (κ3) is 7.14. The van der Waals surface area contributed by atoms with Gasteiger partial charge in [0.15, 0.2) is 0 Å². The standard InChI is InChI=1S/C29H30N4O3S/c1-32(29(34)16-11-23-7-9-24(21-30)10-8-23)27-12-14-28(15-13-27)37(35,36)31-26-17-19-33(20-18-26)22-25-5-3-2-4-6-25/h2-16,26,31H,17-20,22H2,1H3. The van der Waals surface area contributed by atoms with Crippen molar-refractivity contribution in [3.8, 4) is 6.07 Å². The lowest BCUT2D eigenvalue weighted by Crippen LogP contribution is -2.44. The summed E-state index contributed by atoms with van der Waals surface area (Å²) in [7, 11) is -2.02. The van der Waals surface area contributed by atoms with E-state index in [2.05, 4.69) is 27.8 Å². The number of hydrogen-bond acceptors (Lipinski definition) is 5. The molecule has 7 nitrogen and oxygen atoms in total. The van der Waals surface area contributed by atoms with Gasteiger partial charge in [0, 0.05) is 44.5 Å². The first-order valence-electron chi connectivity index (χ1n) is 12.2. The predicted octanol–water partition coefficient (Wildman–Crippen LogP) is 4.18. The van der Waals surface area contributed by atoms with Crippen molar-refractivity contribution in [2.45, 2.75) is 30.3 Å². The number of hydrogen-bond donors (Lipinski definition) is 1. The van der Waals surface area contributed by atoms with Crippen LogP contribution in [0.15, 0.2) is 89.8 Å². The number of sulfonamides is 1. The molecule has 3 aromatic rings. The molecular weight excluding hydrogens is 484 g/mol. The van der Waals surface area contributed by atoms with Gasteiger partial charge in [-0.25, -0.2) is 13.1 Å². The zero-order chi connectivity index (χ0) is 26.3. The van der Waals surface area contributed by atoms with Gasteiger partial charge in [-0.1, -0.05) is 42.5 Å². The van der Waals surface area contributed by atoms with Crippen molar-refractivity contribution < 1.29 is 13.2 Å². The van der Waals surface area contributed by atoms with Crippen LogP contribution in [0.25, 0.3) is 6.08 Å². The fraction of sp³-hybridized carbons (Fsp3) is 0.241. The summed E-state index contributed by atoms with van der Waals surface area (Å²) in [5.74, 6) is -0.250. The minimum Gasteiger partial charge on any atom is -0.312 e. The van der Waals surface area contributed by atoms with E-state index in [4.69, 9.17) is 5.26 Å². The summed E-state index contributed by atoms with van der Waals surface area (Å²) in [6, 6.07) is 25.5. The van der Waals surface area contributed by atoms with Crippen LogP contribution < -0.4 is 9.62 Å². The molecule has 1 aliphatic heterocycles. The molecule has 0 bridgehead atoms. The van der Waals surface area contributed by atoms with Gasteiger partial charge in [0.25, 0.3) is 5.91 Å². The molecule has 1 amide bonds. The zero-order valence-corrected chi connectivity index (χ0v) is 21.6. The van der Waals surface area contributed by atoms with Gasteiger partial charge < -0.3 is 4.90 Å². The normalized spacial score (nSPS) is 14.9. The van der Waals surface area contributed by atoms with Crippen LogP contribution in [0.4, 0.5) is 5.69 Å². The van der Waals surface area contributed by atoms with Crippen molar-refractivity contribution in [3.63, 3.8) is 0 Å². The molecule has 190 valence electrons. The second-order valence-electron chi connectivity index (χ2n) is 9.12. The molecule has 1 heterocycles. The summed E-state index contributed by atoms with van der Waals surface area (Å²) in [6.07, 6.45) is 4.63. The van der Waals surface area contributed by atoms with E-state index < -0.39 is 10.0 Å². The van der Waals surface area contributed by atoms with Gasteiger partial charge >= 0.3 is 0 Å². The molecule has 1 saturated heterocycles. The first-order valence-corrected chi connectivity index (χ1v) is 13.7. The molecule has 8 heteroatoms. The molecule has 0 spiro atoms. The van der Waals surface area contributed by atoms with E-state index in [1.165, 1.54) is 28.7 Å². The Bertz CT molecular complexity index is 1370. The summed E-state index contributed by atoms with van der Waals surface area (Å²) in [5, 5.41) is 8.88. The van der Waals surface area contributed by atoms with Crippen LogP contribution >= 0.6 is 0 Å². The Hall–Kier alpha value is -3.77. The highest BCUT2D eigenvalue weighted by Crippen LogP contribution is 2.20. The summed E-state index contributed by atoms with van der Waals surface area (Å²) < 4.78 is 28.8. The molecule has 1 aliphatic rings. The molecule has 1 fully saturated rings. The maximum Gasteiger partial charge on any atom is 0.250 e. The number of nitrogens with zero attached hydrogens (tertiary/aromatic N) is 3. The van der Waals surface area contributed by atoms with Crippen LogP contribution in [0, 0.1) is 11.3 Å². The van der Waals surface area contributed by atoms with Gasteiger partial charge in [0.2, 0.25) is 10.0 Å². The highest BCUT2D eigenvalue weighted by atomic mass is 32.2. The summed E-state index contributed by atoms with van der Waals surface area (Å²) >= 11 is 0. The fourth-order valence-electron chi connectivity index (χ4n) is 4.26. The molecule has 37 heavy (non-hydrogen) atoms. The van der Waals surface area contributed by atoms with Crippen LogP contribution in [-0.4, -0.2) is 45.4 Å². The van der Waals surface area contributed by atoms with Crippen LogP contribution in [0.1, 0.15) is 29.5 Å². The largest absolute Gasteiger partial charge is 0.312 e. The number of carbonyl (C=O) groups excluding carboxylic acids is 1. The van der Waals surface area contributed by atoms with E-state index in [1.54, 1.807) is 49.5 Å². The van der Waals surface area contributed by atoms with Crippen molar-refractivity contribution >= 4 is 27.7 Å². The summed E-state index contributed by atoms with van der Waals surface area (Å²) in [4.78, 5) is 16.6. The third-order valence-electron chi connectivity index (χ3n) is 6.48. The number of likely N-dealkylation sites (tertiary alicyclic amines) is 1. The fourth-order valence-corrected chi connectivity index (χ4v) is 5.57. The first kappa shape index (κ1) is 26.3. The Labute approximate surface area is 218 Å². The van der Waals surface area contributed by atoms with Gasteiger partial charge in [-0.2, -0.15) is 5.26 Å². The van der Waals surface area contributed by atoms with E-state index >= 15 is 0 Å². The minimum absolute atomic E-state index is 0.103. The van der Waals surface area contributed by atoms with Crippen molar-refractivity contribution in [3.05, 3.63) is 102 Å². The molecule has 0 atom stereocenters. The SMILES string of the molecule is CN(C(=O)C=Cc1ccc(C#N)cc1)c1ccc(S(=O)(=O)NC2CCN(Cc3ccccc3)CC2)cc1. The molecule has 0 saturated carbocycles. The number of piperidine rings is 1. The lowest BCUT2D eigenvalue weighted by molar-refractivity contribution is -0.113. The molecule has 4 rings (SSSR count). The molecular formula is C29H30N4O3S. The smallest absolute Gasteiger partial charge is 0.250 e. The Morgan fingerprint density at radius 2 is 1.68 bits per heavy atom. The third-order valence-corrected chi connectivity index (χ3v) is 8.02. The zero-order valence-electron chi connectivity index (χ0n) is 20.7. The quantitative estimate of drug-likeness (QED) is 0.455. The second-order valence-corrected chi connectivity index (χ2v) is 10.8. The molecule has 0 unspecified atom stereocenters. The van der Waals surface area contributed by atoms with E-state index in [0.717, 1.165) is 38.0 Å². The second kappa shape index (κ2) is 12.0. The number of nitrogens with one attached hydrogen (secondary N) is 1. The van der Waals surface area contributed by atoms with Gasteiger partial charge in [0.05, 0.1) is 16.5 Å². The number of likely N-dealkylation sites (N-methyl/N-ethyl adjacent to an activating group) is 1. The van der Waals surface area contributed by atoms with E-state index in [9.17, 15) is 13.2 Å². The number of anilines is 1. The highest BCUT2D eigenvalue weighted by Gasteiger charge is 2.25. The summed E-state index contributed by atoms with van der Waals surface area (Å²) in [6.45, 7) is 2.55. The molecule has 0 radical (unpaired) electrons. The summed E-state index contributed by atoms with van der Waals surface area (Å²) in [5.41, 5.74) is 3.20. The number of carbonyl (C=O) groups is 1.